The molecule has 0 aromatic heterocycles. The molecular weight excluding hydrogens is 376 g/mol. The highest BCUT2D eigenvalue weighted by Crippen LogP contribution is 2.74. The van der Waals surface area contributed by atoms with Gasteiger partial charge in [0.2, 0.25) is 0 Å². The fourth-order valence-electron chi connectivity index (χ4n) is 10.3. The Morgan fingerprint density at radius 2 is 1.35 bits per heavy atom. The van der Waals surface area contributed by atoms with Crippen LogP contribution in [0.4, 0.5) is 0 Å². The van der Waals surface area contributed by atoms with Crippen molar-refractivity contribution in [2.24, 2.45) is 44.3 Å². The lowest BCUT2D eigenvalue weighted by Crippen LogP contribution is -2.60. The number of ketones is 1. The minimum atomic E-state index is -0.147. The number of rotatable bonds is 0. The second kappa shape index (κ2) is 6.29. The number of carbonyl (C=O) groups is 1. The second-order valence-corrected chi connectivity index (χ2v) is 14.9. The third-order valence-corrected chi connectivity index (χ3v) is 12.7. The van der Waals surface area contributed by atoms with Crippen LogP contribution in [0.5, 0.6) is 0 Å². The first kappa shape index (κ1) is 22.2. The van der Waals surface area contributed by atoms with Crippen LogP contribution in [0.25, 0.3) is 0 Å². The van der Waals surface area contributed by atoms with Crippen LogP contribution in [-0.2, 0) is 4.79 Å². The van der Waals surface area contributed by atoms with Crippen LogP contribution in [0.15, 0.2) is 11.1 Å². The van der Waals surface area contributed by atoms with Crippen LogP contribution in [0.2, 0.25) is 0 Å². The summed E-state index contributed by atoms with van der Waals surface area (Å²) in [7, 11) is 0. The Balaban J connectivity index is 1.60. The van der Waals surface area contributed by atoms with Gasteiger partial charge in [-0.05, 0) is 103 Å². The van der Waals surface area contributed by atoms with Crippen molar-refractivity contribution in [2.45, 2.75) is 126 Å². The van der Waals surface area contributed by atoms with Gasteiger partial charge in [-0.25, -0.2) is 0 Å². The molecule has 0 heterocycles. The quantitative estimate of drug-likeness (QED) is 0.356. The number of hydrogen-bond acceptors (Lipinski definition) is 1. The SMILES string of the molecule is CC1(C)CC[C@@]2(C)CC[C@@]3(C)C4=C(CC[C@]3(C)[C@H]2C1)[C@@]1(C)CCC(=O)C(C)(C)[C@H]1CC4. The summed E-state index contributed by atoms with van der Waals surface area (Å²) in [6, 6.07) is 0. The highest BCUT2D eigenvalue weighted by Gasteiger charge is 2.65. The van der Waals surface area contributed by atoms with E-state index in [-0.39, 0.29) is 10.8 Å². The maximum atomic E-state index is 12.9. The highest BCUT2D eigenvalue weighted by molar-refractivity contribution is 5.85. The summed E-state index contributed by atoms with van der Waals surface area (Å²) in [6.45, 7) is 20.2. The van der Waals surface area contributed by atoms with E-state index in [0.717, 1.165) is 18.8 Å². The molecule has 3 saturated carbocycles. The molecule has 0 aromatic carbocycles. The Bertz CT molecular complexity index is 844. The van der Waals surface area contributed by atoms with Gasteiger partial charge in [-0.15, -0.1) is 0 Å². The van der Waals surface area contributed by atoms with E-state index in [1.54, 1.807) is 0 Å². The standard InChI is InChI=1S/C30H48O/c1-25(2)15-16-27(5)17-18-29(7)21-9-10-22-26(3,4)24(31)12-13-28(22,6)20(21)11-14-30(29,8)23(27)19-25/h22-23H,9-19H2,1-8H3/t22-,23+,27+,28-,29+,30-/m1/s1. The largest absolute Gasteiger partial charge is 0.299 e. The van der Waals surface area contributed by atoms with Crippen LogP contribution >= 0.6 is 0 Å². The molecule has 0 saturated heterocycles. The first-order chi connectivity index (χ1) is 14.2. The number of carbonyl (C=O) groups excluding carboxylic acids is 1. The zero-order chi connectivity index (χ0) is 22.7. The molecule has 0 bridgehead atoms. The van der Waals surface area contributed by atoms with Gasteiger partial charge in [0.15, 0.2) is 0 Å². The van der Waals surface area contributed by atoms with E-state index in [4.69, 9.17) is 0 Å². The Morgan fingerprint density at radius 3 is 2.06 bits per heavy atom. The fourth-order valence-corrected chi connectivity index (χ4v) is 10.3. The van der Waals surface area contributed by atoms with Gasteiger partial charge in [-0.1, -0.05) is 66.5 Å². The van der Waals surface area contributed by atoms with Gasteiger partial charge in [0.05, 0.1) is 0 Å². The predicted octanol–water partition coefficient (Wildman–Crippen LogP) is 8.52. The first-order valence-electron chi connectivity index (χ1n) is 13.5. The maximum absolute atomic E-state index is 12.9. The average molecular weight is 425 g/mol. The molecule has 0 N–H and O–H groups in total. The molecule has 0 aromatic rings. The van der Waals surface area contributed by atoms with Gasteiger partial charge >= 0.3 is 0 Å². The molecule has 0 radical (unpaired) electrons. The van der Waals surface area contributed by atoms with Crippen molar-refractivity contribution in [3.8, 4) is 0 Å². The molecular formula is C30H48O. The fraction of sp³-hybridized carbons (Fsp3) is 0.900. The first-order valence-corrected chi connectivity index (χ1v) is 13.5. The molecule has 31 heavy (non-hydrogen) atoms. The third-order valence-electron chi connectivity index (χ3n) is 12.7. The number of fused-ring (bicyclic) bond motifs is 6. The summed E-state index contributed by atoms with van der Waals surface area (Å²) in [4.78, 5) is 12.9. The molecule has 5 aliphatic rings. The van der Waals surface area contributed by atoms with Gasteiger partial charge < -0.3 is 0 Å². The molecule has 0 amide bonds. The van der Waals surface area contributed by atoms with E-state index in [1.807, 2.05) is 11.1 Å². The summed E-state index contributed by atoms with van der Waals surface area (Å²) < 4.78 is 0. The summed E-state index contributed by atoms with van der Waals surface area (Å²) in [6.07, 6.45) is 14.1. The van der Waals surface area contributed by atoms with Crippen LogP contribution in [-0.4, -0.2) is 5.78 Å². The van der Waals surface area contributed by atoms with E-state index < -0.39 is 0 Å². The number of allylic oxidation sites excluding steroid dienone is 2. The molecule has 1 heteroatoms. The van der Waals surface area contributed by atoms with Crippen LogP contribution < -0.4 is 0 Å². The summed E-state index contributed by atoms with van der Waals surface area (Å²) in [5.41, 5.74) is 5.63. The van der Waals surface area contributed by atoms with E-state index in [1.165, 1.54) is 57.8 Å². The van der Waals surface area contributed by atoms with Crippen molar-refractivity contribution < 1.29 is 4.79 Å². The highest BCUT2D eigenvalue weighted by atomic mass is 16.1. The zero-order valence-corrected chi connectivity index (χ0v) is 21.8. The van der Waals surface area contributed by atoms with Crippen molar-refractivity contribution >= 4 is 5.78 Å². The Labute approximate surface area is 192 Å². The molecule has 5 aliphatic carbocycles. The van der Waals surface area contributed by atoms with E-state index in [0.29, 0.717) is 33.4 Å². The Morgan fingerprint density at radius 1 is 0.677 bits per heavy atom. The topological polar surface area (TPSA) is 17.1 Å². The summed E-state index contributed by atoms with van der Waals surface area (Å²) in [5, 5.41) is 0. The van der Waals surface area contributed by atoms with Crippen molar-refractivity contribution in [2.75, 3.05) is 0 Å². The molecule has 5 rings (SSSR count). The maximum Gasteiger partial charge on any atom is 0.138 e. The zero-order valence-electron chi connectivity index (χ0n) is 21.8. The molecule has 0 unspecified atom stereocenters. The number of hydrogen-bond donors (Lipinski definition) is 0. The lowest BCUT2D eigenvalue weighted by Gasteiger charge is -2.69. The average Bonchev–Trinajstić information content (AvgIpc) is 2.68. The van der Waals surface area contributed by atoms with E-state index in [2.05, 4.69) is 55.4 Å². The van der Waals surface area contributed by atoms with Crippen molar-refractivity contribution in [1.29, 1.82) is 0 Å². The summed E-state index contributed by atoms with van der Waals surface area (Å²) >= 11 is 0. The van der Waals surface area contributed by atoms with Crippen LogP contribution in [0, 0.1) is 44.3 Å². The second-order valence-electron chi connectivity index (χ2n) is 14.9. The molecule has 0 aliphatic heterocycles. The van der Waals surface area contributed by atoms with Gasteiger partial charge in [-0.2, -0.15) is 0 Å². The Kier molecular flexibility index (Phi) is 4.51. The lowest BCUT2D eigenvalue weighted by molar-refractivity contribution is -0.154. The van der Waals surface area contributed by atoms with Gasteiger partial charge in [0.25, 0.3) is 0 Å². The molecule has 174 valence electrons. The van der Waals surface area contributed by atoms with Gasteiger partial charge in [0.1, 0.15) is 5.78 Å². The Hall–Kier alpha value is -0.590. The smallest absolute Gasteiger partial charge is 0.138 e. The minimum Gasteiger partial charge on any atom is -0.299 e. The van der Waals surface area contributed by atoms with Crippen molar-refractivity contribution in [3.05, 3.63) is 11.1 Å². The minimum absolute atomic E-state index is 0.147. The predicted molar refractivity (Wildman–Crippen MR) is 130 cm³/mol. The van der Waals surface area contributed by atoms with Crippen molar-refractivity contribution in [3.63, 3.8) is 0 Å². The van der Waals surface area contributed by atoms with Crippen molar-refractivity contribution in [1.82, 2.24) is 0 Å². The molecule has 1 nitrogen and oxygen atoms in total. The monoisotopic (exact) mass is 424 g/mol. The third kappa shape index (κ3) is 2.70. The van der Waals surface area contributed by atoms with Gasteiger partial charge in [0, 0.05) is 11.8 Å². The van der Waals surface area contributed by atoms with E-state index in [9.17, 15) is 4.79 Å². The van der Waals surface area contributed by atoms with Crippen LogP contribution in [0.1, 0.15) is 126 Å². The number of Topliss-reactive ketones (excluding diaryl/α,β-unsaturated/α-hetero) is 1. The lowest BCUT2D eigenvalue weighted by atomic mass is 9.35. The van der Waals surface area contributed by atoms with Crippen LogP contribution in [0.3, 0.4) is 0 Å². The van der Waals surface area contributed by atoms with Gasteiger partial charge in [-0.3, -0.25) is 4.79 Å². The molecule has 3 fully saturated rings. The normalized spacial score (nSPS) is 50.8. The molecule has 0 spiro atoms. The molecule has 6 atom stereocenters. The summed E-state index contributed by atoms with van der Waals surface area (Å²) in [5.74, 6) is 1.91. The van der Waals surface area contributed by atoms with E-state index >= 15 is 0 Å².